The largest absolute Gasteiger partial charge is 0.489 e. The molecule has 8 heteroatoms. The number of anilines is 1. The average molecular weight is 373 g/mol. The van der Waals surface area contributed by atoms with E-state index in [2.05, 4.69) is 19.9 Å². The number of rotatable bonds is 8. The first-order valence-electron chi connectivity index (χ1n) is 8.37. The van der Waals surface area contributed by atoms with Crippen LogP contribution in [0.15, 0.2) is 42.2 Å². The van der Waals surface area contributed by atoms with Crippen LogP contribution in [0.5, 0.6) is 5.75 Å². The Morgan fingerprint density at radius 3 is 2.44 bits per heavy atom. The monoisotopic (exact) mass is 373 g/mol. The van der Waals surface area contributed by atoms with Crippen molar-refractivity contribution in [3.05, 3.63) is 53.5 Å². The van der Waals surface area contributed by atoms with Gasteiger partial charge in [0.25, 0.3) is 0 Å². The van der Waals surface area contributed by atoms with Gasteiger partial charge in [0.2, 0.25) is 0 Å². The fourth-order valence-corrected chi connectivity index (χ4v) is 2.33. The number of esters is 2. The highest BCUT2D eigenvalue weighted by Crippen LogP contribution is 2.19. The van der Waals surface area contributed by atoms with Crippen LogP contribution in [0.4, 0.5) is 5.69 Å². The summed E-state index contributed by atoms with van der Waals surface area (Å²) in [4.78, 5) is 23.1. The molecule has 0 spiro atoms. The highest BCUT2D eigenvalue weighted by atomic mass is 16.5. The third kappa shape index (κ3) is 5.34. The lowest BCUT2D eigenvalue weighted by atomic mass is 10.2. The molecule has 1 aromatic carbocycles. The van der Waals surface area contributed by atoms with Gasteiger partial charge in [-0.25, -0.2) is 9.59 Å². The summed E-state index contributed by atoms with van der Waals surface area (Å²) < 4.78 is 16.9. The zero-order valence-corrected chi connectivity index (χ0v) is 15.8. The van der Waals surface area contributed by atoms with Gasteiger partial charge in [-0.3, -0.25) is 4.68 Å². The van der Waals surface area contributed by atoms with Crippen LogP contribution in [0.1, 0.15) is 18.2 Å². The van der Waals surface area contributed by atoms with Crippen molar-refractivity contribution in [3.8, 4) is 5.75 Å². The summed E-state index contributed by atoms with van der Waals surface area (Å²) in [7, 11) is 2.46. The summed E-state index contributed by atoms with van der Waals surface area (Å²) >= 11 is 0. The van der Waals surface area contributed by atoms with E-state index in [9.17, 15) is 9.59 Å². The number of hydrogen-bond donors (Lipinski definition) is 1. The predicted octanol–water partition coefficient (Wildman–Crippen LogP) is 2.43. The molecule has 0 aliphatic carbocycles. The van der Waals surface area contributed by atoms with Gasteiger partial charge >= 0.3 is 11.9 Å². The standard InChI is InChI=1S/C19H23N3O5/c1-5-22-13(2)14(11-20-22)12-27-16-8-6-15(7-9-16)21-17(19(24)26-4)10-18(23)25-3/h6-11,21H,5,12H2,1-4H3/b17-10+. The van der Waals surface area contributed by atoms with Crippen LogP contribution in [0.3, 0.4) is 0 Å². The van der Waals surface area contributed by atoms with Crippen LogP contribution in [0.25, 0.3) is 0 Å². The molecular weight excluding hydrogens is 350 g/mol. The van der Waals surface area contributed by atoms with Crippen molar-refractivity contribution >= 4 is 17.6 Å². The molecule has 1 N–H and O–H groups in total. The lowest BCUT2D eigenvalue weighted by molar-refractivity contribution is -0.138. The number of aryl methyl sites for hydroxylation is 1. The number of nitrogens with one attached hydrogen (secondary N) is 1. The Hall–Kier alpha value is -3.29. The van der Waals surface area contributed by atoms with Gasteiger partial charge in [-0.2, -0.15) is 5.10 Å². The molecule has 0 aliphatic rings. The SMILES string of the molecule is CCn1ncc(COc2ccc(N/C(=C/C(=O)OC)C(=O)OC)cc2)c1C. The van der Waals surface area contributed by atoms with E-state index >= 15 is 0 Å². The Bertz CT molecular complexity index is 824. The van der Waals surface area contributed by atoms with Crippen molar-refractivity contribution in [1.82, 2.24) is 9.78 Å². The number of carbonyl (C=O) groups excluding carboxylic acids is 2. The fourth-order valence-electron chi connectivity index (χ4n) is 2.33. The minimum absolute atomic E-state index is 0.0272. The molecule has 0 amide bonds. The normalized spacial score (nSPS) is 11.0. The fraction of sp³-hybridized carbons (Fsp3) is 0.316. The first kappa shape index (κ1) is 20.0. The minimum atomic E-state index is -0.677. The second-order valence-electron chi connectivity index (χ2n) is 5.58. The third-order valence-corrected chi connectivity index (χ3v) is 3.90. The molecule has 1 heterocycles. The number of nitrogens with zero attached hydrogens (tertiary/aromatic N) is 2. The zero-order valence-electron chi connectivity index (χ0n) is 15.8. The minimum Gasteiger partial charge on any atom is -0.489 e. The molecule has 0 unspecified atom stereocenters. The van der Waals surface area contributed by atoms with E-state index in [-0.39, 0.29) is 5.70 Å². The molecule has 2 rings (SSSR count). The molecule has 0 aliphatic heterocycles. The molecule has 8 nitrogen and oxygen atoms in total. The van der Waals surface area contributed by atoms with Gasteiger partial charge in [-0.15, -0.1) is 0 Å². The second kappa shape index (κ2) is 9.42. The Kier molecular flexibility index (Phi) is 6.99. The van der Waals surface area contributed by atoms with Crippen molar-refractivity contribution in [2.75, 3.05) is 19.5 Å². The van der Waals surface area contributed by atoms with E-state index in [1.165, 1.54) is 14.2 Å². The van der Waals surface area contributed by atoms with Gasteiger partial charge in [-0.1, -0.05) is 0 Å². The lowest BCUT2D eigenvalue weighted by Gasteiger charge is -2.10. The maximum absolute atomic E-state index is 11.8. The average Bonchev–Trinajstić information content (AvgIpc) is 3.05. The summed E-state index contributed by atoms with van der Waals surface area (Å²) in [5.41, 5.74) is 2.66. The van der Waals surface area contributed by atoms with Crippen LogP contribution in [0, 0.1) is 6.92 Å². The van der Waals surface area contributed by atoms with E-state index in [4.69, 9.17) is 4.74 Å². The first-order chi connectivity index (χ1) is 13.0. The molecule has 27 heavy (non-hydrogen) atoms. The van der Waals surface area contributed by atoms with Crippen molar-refractivity contribution in [3.63, 3.8) is 0 Å². The van der Waals surface area contributed by atoms with E-state index in [0.29, 0.717) is 18.0 Å². The van der Waals surface area contributed by atoms with Crippen LogP contribution < -0.4 is 10.1 Å². The zero-order chi connectivity index (χ0) is 19.8. The molecule has 144 valence electrons. The van der Waals surface area contributed by atoms with Crippen molar-refractivity contribution in [2.45, 2.75) is 27.0 Å². The van der Waals surface area contributed by atoms with Crippen LogP contribution in [-0.4, -0.2) is 35.9 Å². The quantitative estimate of drug-likeness (QED) is 0.561. The predicted molar refractivity (Wildman–Crippen MR) is 99.1 cm³/mol. The third-order valence-electron chi connectivity index (χ3n) is 3.90. The van der Waals surface area contributed by atoms with Crippen LogP contribution in [-0.2, 0) is 32.2 Å². The van der Waals surface area contributed by atoms with E-state index in [1.54, 1.807) is 30.5 Å². The van der Waals surface area contributed by atoms with Crippen LogP contribution in [0.2, 0.25) is 0 Å². The number of methoxy groups -OCH3 is 2. The Labute approximate surface area is 157 Å². The molecule has 0 atom stereocenters. The van der Waals surface area contributed by atoms with Crippen LogP contribution >= 0.6 is 0 Å². The second-order valence-corrected chi connectivity index (χ2v) is 5.58. The molecular formula is C19H23N3O5. The molecule has 0 radical (unpaired) electrons. The summed E-state index contributed by atoms with van der Waals surface area (Å²) in [5, 5.41) is 7.12. The molecule has 0 fully saturated rings. The van der Waals surface area contributed by atoms with E-state index in [0.717, 1.165) is 23.9 Å². The summed E-state index contributed by atoms with van der Waals surface area (Å²) in [6.45, 7) is 5.26. The number of ether oxygens (including phenoxy) is 3. The van der Waals surface area contributed by atoms with E-state index in [1.807, 2.05) is 18.5 Å². The van der Waals surface area contributed by atoms with Crippen molar-refractivity contribution in [1.29, 1.82) is 0 Å². The summed E-state index contributed by atoms with van der Waals surface area (Å²) in [5.74, 6) is -0.671. The number of hydrogen-bond acceptors (Lipinski definition) is 7. The maximum atomic E-state index is 11.8. The van der Waals surface area contributed by atoms with Gasteiger partial charge in [0.05, 0.1) is 26.5 Å². The molecule has 0 saturated heterocycles. The Morgan fingerprint density at radius 2 is 1.89 bits per heavy atom. The highest BCUT2D eigenvalue weighted by Gasteiger charge is 2.13. The van der Waals surface area contributed by atoms with Gasteiger partial charge in [-0.05, 0) is 38.1 Å². The smallest absolute Gasteiger partial charge is 0.354 e. The lowest BCUT2D eigenvalue weighted by Crippen LogP contribution is -2.15. The summed E-state index contributed by atoms with van der Waals surface area (Å²) in [6.07, 6.45) is 2.83. The van der Waals surface area contributed by atoms with Crippen molar-refractivity contribution < 1.29 is 23.8 Å². The van der Waals surface area contributed by atoms with Gasteiger partial charge < -0.3 is 19.5 Å². The molecule has 2 aromatic rings. The number of aromatic nitrogens is 2. The number of carbonyl (C=O) groups is 2. The van der Waals surface area contributed by atoms with E-state index < -0.39 is 11.9 Å². The number of benzene rings is 1. The molecule has 0 saturated carbocycles. The molecule has 1 aromatic heterocycles. The van der Waals surface area contributed by atoms with Gasteiger partial charge in [0.1, 0.15) is 18.1 Å². The van der Waals surface area contributed by atoms with Gasteiger partial charge in [0.15, 0.2) is 0 Å². The topological polar surface area (TPSA) is 91.7 Å². The first-order valence-corrected chi connectivity index (χ1v) is 8.37. The highest BCUT2D eigenvalue weighted by molar-refractivity contribution is 5.98. The maximum Gasteiger partial charge on any atom is 0.354 e. The van der Waals surface area contributed by atoms with Gasteiger partial charge in [0, 0.05) is 23.5 Å². The Balaban J connectivity index is 2.03. The molecule has 0 bridgehead atoms. The summed E-state index contributed by atoms with van der Waals surface area (Å²) in [6, 6.07) is 6.97. The Morgan fingerprint density at radius 1 is 1.19 bits per heavy atom. The van der Waals surface area contributed by atoms with Crippen molar-refractivity contribution in [2.24, 2.45) is 0 Å².